The summed E-state index contributed by atoms with van der Waals surface area (Å²) in [7, 11) is 0. The number of benzene rings is 1. The summed E-state index contributed by atoms with van der Waals surface area (Å²) in [5.41, 5.74) is 0.873. The highest BCUT2D eigenvalue weighted by molar-refractivity contribution is 6.31. The van der Waals surface area contributed by atoms with Gasteiger partial charge in [0.25, 0.3) is 0 Å². The monoisotopic (exact) mass is 200 g/mol. The topological polar surface area (TPSA) is 24.1 Å². The molecule has 1 fully saturated rings. The SMILES string of the molecule is Fc1ccc(NC2CNC2)cc1Cl. The normalized spacial score (nSPS) is 16.8. The van der Waals surface area contributed by atoms with Gasteiger partial charge in [-0.15, -0.1) is 0 Å². The average molecular weight is 201 g/mol. The highest BCUT2D eigenvalue weighted by Gasteiger charge is 2.15. The third-order valence-electron chi connectivity index (χ3n) is 2.07. The van der Waals surface area contributed by atoms with E-state index in [0.717, 1.165) is 18.8 Å². The number of halogens is 2. The molecule has 1 aliphatic rings. The summed E-state index contributed by atoms with van der Waals surface area (Å²) in [4.78, 5) is 0. The van der Waals surface area contributed by atoms with Crippen LogP contribution in [0.2, 0.25) is 5.02 Å². The Morgan fingerprint density at radius 3 is 2.77 bits per heavy atom. The summed E-state index contributed by atoms with van der Waals surface area (Å²) in [6.45, 7) is 1.91. The van der Waals surface area contributed by atoms with Gasteiger partial charge in [-0.25, -0.2) is 4.39 Å². The van der Waals surface area contributed by atoms with Crippen molar-refractivity contribution in [3.8, 4) is 0 Å². The number of nitrogens with one attached hydrogen (secondary N) is 2. The second-order valence-corrected chi connectivity index (χ2v) is 3.54. The molecule has 0 bridgehead atoms. The summed E-state index contributed by atoms with van der Waals surface area (Å²) in [5.74, 6) is -0.376. The van der Waals surface area contributed by atoms with Crippen LogP contribution in [0.1, 0.15) is 0 Å². The van der Waals surface area contributed by atoms with Crippen LogP contribution in [0.4, 0.5) is 10.1 Å². The van der Waals surface area contributed by atoms with E-state index in [4.69, 9.17) is 11.6 Å². The Kier molecular flexibility index (Phi) is 2.38. The molecular formula is C9H10ClFN2. The van der Waals surface area contributed by atoms with Gasteiger partial charge in [-0.05, 0) is 18.2 Å². The van der Waals surface area contributed by atoms with E-state index >= 15 is 0 Å². The minimum atomic E-state index is -0.376. The molecular weight excluding hydrogens is 191 g/mol. The molecule has 1 aliphatic heterocycles. The number of anilines is 1. The van der Waals surface area contributed by atoms with Gasteiger partial charge in [0.05, 0.1) is 11.1 Å². The molecule has 0 radical (unpaired) electrons. The van der Waals surface area contributed by atoms with Crippen LogP contribution < -0.4 is 10.6 Å². The molecule has 0 unspecified atom stereocenters. The van der Waals surface area contributed by atoms with Gasteiger partial charge in [0.2, 0.25) is 0 Å². The minimum absolute atomic E-state index is 0.164. The molecule has 0 amide bonds. The van der Waals surface area contributed by atoms with E-state index in [1.54, 1.807) is 12.1 Å². The van der Waals surface area contributed by atoms with Crippen LogP contribution in [-0.2, 0) is 0 Å². The zero-order valence-electron chi connectivity index (χ0n) is 6.98. The molecule has 0 atom stereocenters. The molecule has 2 nitrogen and oxygen atoms in total. The fourth-order valence-corrected chi connectivity index (χ4v) is 1.39. The van der Waals surface area contributed by atoms with Crippen LogP contribution in [0.3, 0.4) is 0 Å². The van der Waals surface area contributed by atoms with E-state index < -0.39 is 0 Å². The molecule has 2 rings (SSSR count). The van der Waals surface area contributed by atoms with Crippen LogP contribution in [-0.4, -0.2) is 19.1 Å². The predicted octanol–water partition coefficient (Wildman–Crippen LogP) is 1.86. The van der Waals surface area contributed by atoms with Crippen molar-refractivity contribution in [2.24, 2.45) is 0 Å². The van der Waals surface area contributed by atoms with Crippen molar-refractivity contribution in [3.63, 3.8) is 0 Å². The molecule has 1 heterocycles. The van der Waals surface area contributed by atoms with Crippen molar-refractivity contribution in [2.45, 2.75) is 6.04 Å². The van der Waals surface area contributed by atoms with E-state index in [-0.39, 0.29) is 10.8 Å². The Bertz CT molecular complexity index is 312. The third-order valence-corrected chi connectivity index (χ3v) is 2.36. The van der Waals surface area contributed by atoms with Gasteiger partial charge in [-0.3, -0.25) is 0 Å². The zero-order chi connectivity index (χ0) is 9.26. The molecule has 0 aromatic heterocycles. The summed E-state index contributed by atoms with van der Waals surface area (Å²) in [6.07, 6.45) is 0. The summed E-state index contributed by atoms with van der Waals surface area (Å²) in [6, 6.07) is 5.12. The summed E-state index contributed by atoms with van der Waals surface area (Å²) < 4.78 is 12.8. The van der Waals surface area contributed by atoms with Gasteiger partial charge < -0.3 is 10.6 Å². The van der Waals surface area contributed by atoms with Crippen LogP contribution in [0.15, 0.2) is 18.2 Å². The maximum absolute atomic E-state index is 12.8. The fraction of sp³-hybridized carbons (Fsp3) is 0.333. The van der Waals surface area contributed by atoms with E-state index in [1.807, 2.05) is 0 Å². The molecule has 70 valence electrons. The fourth-order valence-electron chi connectivity index (χ4n) is 1.21. The lowest BCUT2D eigenvalue weighted by Gasteiger charge is -2.29. The molecule has 13 heavy (non-hydrogen) atoms. The maximum Gasteiger partial charge on any atom is 0.141 e. The van der Waals surface area contributed by atoms with E-state index in [0.29, 0.717) is 6.04 Å². The van der Waals surface area contributed by atoms with E-state index in [9.17, 15) is 4.39 Å². The number of rotatable bonds is 2. The minimum Gasteiger partial charge on any atom is -0.380 e. The molecule has 1 aromatic carbocycles. The Morgan fingerprint density at radius 1 is 1.46 bits per heavy atom. The lowest BCUT2D eigenvalue weighted by atomic mass is 10.1. The first-order valence-corrected chi connectivity index (χ1v) is 4.56. The Labute approximate surface area is 81.1 Å². The Hall–Kier alpha value is -0.800. The molecule has 0 aliphatic carbocycles. The second-order valence-electron chi connectivity index (χ2n) is 3.13. The zero-order valence-corrected chi connectivity index (χ0v) is 7.74. The van der Waals surface area contributed by atoms with Gasteiger partial charge >= 0.3 is 0 Å². The summed E-state index contributed by atoms with van der Waals surface area (Å²) in [5, 5.41) is 6.53. The molecule has 4 heteroatoms. The van der Waals surface area contributed by atoms with E-state index in [2.05, 4.69) is 10.6 Å². The smallest absolute Gasteiger partial charge is 0.141 e. The highest BCUT2D eigenvalue weighted by Crippen LogP contribution is 2.20. The van der Waals surface area contributed by atoms with Gasteiger partial charge in [0, 0.05) is 18.8 Å². The van der Waals surface area contributed by atoms with Gasteiger partial charge in [0.15, 0.2) is 0 Å². The lowest BCUT2D eigenvalue weighted by Crippen LogP contribution is -2.51. The summed E-state index contributed by atoms with van der Waals surface area (Å²) >= 11 is 5.63. The predicted molar refractivity (Wildman–Crippen MR) is 51.7 cm³/mol. The van der Waals surface area contributed by atoms with Crippen LogP contribution in [0.25, 0.3) is 0 Å². The van der Waals surface area contributed by atoms with Crippen molar-refractivity contribution in [3.05, 3.63) is 29.0 Å². The van der Waals surface area contributed by atoms with Gasteiger partial charge in [-0.2, -0.15) is 0 Å². The highest BCUT2D eigenvalue weighted by atomic mass is 35.5. The van der Waals surface area contributed by atoms with Gasteiger partial charge in [0.1, 0.15) is 5.82 Å². The quantitative estimate of drug-likeness (QED) is 0.762. The van der Waals surface area contributed by atoms with Crippen molar-refractivity contribution < 1.29 is 4.39 Å². The van der Waals surface area contributed by atoms with Crippen LogP contribution >= 0.6 is 11.6 Å². The molecule has 1 aromatic rings. The standard InChI is InChI=1S/C9H10ClFN2/c10-8-3-6(1-2-9(8)11)13-7-4-12-5-7/h1-3,7,12-13H,4-5H2. The van der Waals surface area contributed by atoms with E-state index in [1.165, 1.54) is 6.07 Å². The number of hydrogen-bond donors (Lipinski definition) is 2. The Morgan fingerprint density at radius 2 is 2.23 bits per heavy atom. The molecule has 2 N–H and O–H groups in total. The van der Waals surface area contributed by atoms with Crippen LogP contribution in [0, 0.1) is 5.82 Å². The molecule has 0 spiro atoms. The van der Waals surface area contributed by atoms with Crippen molar-refractivity contribution in [1.29, 1.82) is 0 Å². The van der Waals surface area contributed by atoms with Gasteiger partial charge in [-0.1, -0.05) is 11.6 Å². The first-order chi connectivity index (χ1) is 6.25. The number of hydrogen-bond acceptors (Lipinski definition) is 2. The molecule has 1 saturated heterocycles. The average Bonchev–Trinajstić information content (AvgIpc) is 2.04. The first-order valence-electron chi connectivity index (χ1n) is 4.18. The largest absolute Gasteiger partial charge is 0.380 e. The van der Waals surface area contributed by atoms with Crippen molar-refractivity contribution >= 4 is 17.3 Å². The third kappa shape index (κ3) is 1.92. The van der Waals surface area contributed by atoms with Crippen molar-refractivity contribution in [2.75, 3.05) is 18.4 Å². The first kappa shape index (κ1) is 8.78. The second kappa shape index (κ2) is 3.52. The van der Waals surface area contributed by atoms with Crippen molar-refractivity contribution in [1.82, 2.24) is 5.32 Å². The molecule has 0 saturated carbocycles. The van der Waals surface area contributed by atoms with Crippen LogP contribution in [0.5, 0.6) is 0 Å². The Balaban J connectivity index is 2.07. The lowest BCUT2D eigenvalue weighted by molar-refractivity contribution is 0.472. The maximum atomic E-state index is 12.8.